The number of nitrogens with zero attached hydrogens (tertiary/aromatic N) is 1. The van der Waals surface area contributed by atoms with E-state index in [1.165, 1.54) is 6.92 Å². The molecule has 0 fully saturated rings. The van der Waals surface area contributed by atoms with Crippen LogP contribution < -0.4 is 60.2 Å². The fourth-order valence-electron chi connectivity index (χ4n) is 8.14. The SMILES string of the molecule is CC(=O)N[C@@H](CCCN=C(N)N)C(=O)N[C@@H](Cc1ccccc1)C(=O)N[C@@H](CCC(N)=O)C(=O)N[C@@H](Cc1c[nH]c2ccccc12)C(=O)N[C@@H](CCC(N)=O)C(=O)N[C@@H](Cc1ccccc1)C(=O)N[C@@H](CCC(=O)O)C(=O)O. The molecule has 4 aromatic rings. The number of hydrogen-bond donors (Lipinski definition) is 14. The van der Waals surface area contributed by atoms with Crippen LogP contribution in [0.1, 0.15) is 75.0 Å². The number of carboxylic acid groups (broad SMARTS) is 2. The van der Waals surface area contributed by atoms with Gasteiger partial charge in [0.2, 0.25) is 53.2 Å². The molecule has 0 aliphatic heterocycles. The number of aliphatic imine (C=N–C) groups is 1. The van der Waals surface area contributed by atoms with Crippen LogP contribution >= 0.6 is 0 Å². The zero-order valence-electron chi connectivity index (χ0n) is 42.8. The van der Waals surface area contributed by atoms with Gasteiger partial charge in [-0.1, -0.05) is 78.9 Å². The number of carboxylic acids is 2. The third kappa shape index (κ3) is 21.1. The van der Waals surface area contributed by atoms with Gasteiger partial charge in [0.25, 0.3) is 0 Å². The van der Waals surface area contributed by atoms with E-state index in [9.17, 15) is 63.0 Å². The summed E-state index contributed by atoms with van der Waals surface area (Å²) in [5, 5.41) is 37.4. The third-order valence-electron chi connectivity index (χ3n) is 12.1. The Morgan fingerprint density at radius 3 is 1.32 bits per heavy atom. The molecule has 0 unspecified atom stereocenters. The minimum Gasteiger partial charge on any atom is -0.481 e. The van der Waals surface area contributed by atoms with Gasteiger partial charge in [-0.2, -0.15) is 0 Å². The molecule has 0 bridgehead atoms. The highest BCUT2D eigenvalue weighted by Crippen LogP contribution is 2.20. The van der Waals surface area contributed by atoms with E-state index in [2.05, 4.69) is 47.2 Å². The summed E-state index contributed by atoms with van der Waals surface area (Å²) >= 11 is 0. The van der Waals surface area contributed by atoms with E-state index >= 15 is 0 Å². The van der Waals surface area contributed by atoms with Crippen LogP contribution in [0.5, 0.6) is 0 Å². The number of fused-ring (bicyclic) bond motifs is 1. The van der Waals surface area contributed by atoms with E-state index in [1.807, 2.05) is 0 Å². The molecule has 0 saturated carbocycles. The number of aromatic nitrogens is 1. The monoisotopic (exact) mass is 1080 g/mol. The van der Waals surface area contributed by atoms with Crippen molar-refractivity contribution in [1.82, 2.24) is 42.2 Å². The number of aliphatic carboxylic acids is 2. The molecule has 0 aliphatic rings. The summed E-state index contributed by atoms with van der Waals surface area (Å²) in [6, 6.07) is 13.1. The highest BCUT2D eigenvalue weighted by atomic mass is 16.4. The highest BCUT2D eigenvalue weighted by molar-refractivity contribution is 5.98. The van der Waals surface area contributed by atoms with Crippen LogP contribution in [0.3, 0.4) is 0 Å². The third-order valence-corrected chi connectivity index (χ3v) is 12.1. The molecule has 7 atom stereocenters. The van der Waals surface area contributed by atoms with E-state index in [1.54, 1.807) is 91.1 Å². The Morgan fingerprint density at radius 1 is 0.487 bits per heavy atom. The maximum atomic E-state index is 14.7. The molecule has 0 saturated heterocycles. The lowest BCUT2D eigenvalue weighted by Crippen LogP contribution is -2.60. The van der Waals surface area contributed by atoms with Crippen molar-refractivity contribution >= 4 is 82.0 Å². The number of nitrogens with one attached hydrogen (secondary N) is 8. The predicted molar refractivity (Wildman–Crippen MR) is 283 cm³/mol. The number of para-hydroxylation sites is 1. The summed E-state index contributed by atoms with van der Waals surface area (Å²) in [6.45, 7) is 1.33. The number of H-pyrrole nitrogens is 1. The molecule has 78 heavy (non-hydrogen) atoms. The number of rotatable bonds is 33. The molecule has 3 aromatic carbocycles. The van der Waals surface area contributed by atoms with Crippen molar-refractivity contribution in [3.8, 4) is 0 Å². The van der Waals surface area contributed by atoms with Crippen molar-refractivity contribution in [2.45, 2.75) is 120 Å². The van der Waals surface area contributed by atoms with Gasteiger partial charge in [0.1, 0.15) is 42.3 Å². The molecule has 1 heterocycles. The number of benzene rings is 3. The first kappa shape index (κ1) is 61.2. The topological polar surface area (TPSA) is 445 Å². The molecule has 0 spiro atoms. The van der Waals surface area contributed by atoms with Crippen LogP contribution in [0.4, 0.5) is 0 Å². The number of primary amides is 2. The normalized spacial score (nSPS) is 13.6. The average molecular weight is 1080 g/mol. The van der Waals surface area contributed by atoms with Crippen molar-refractivity contribution in [3.05, 3.63) is 108 Å². The first-order chi connectivity index (χ1) is 37.1. The fourth-order valence-corrected chi connectivity index (χ4v) is 8.14. The van der Waals surface area contributed by atoms with Crippen molar-refractivity contribution in [1.29, 1.82) is 0 Å². The first-order valence-corrected chi connectivity index (χ1v) is 24.9. The highest BCUT2D eigenvalue weighted by Gasteiger charge is 2.35. The molecule has 418 valence electrons. The molecule has 26 nitrogen and oxygen atoms in total. The number of nitrogens with two attached hydrogens (primary N) is 4. The van der Waals surface area contributed by atoms with Crippen LogP contribution in [0, 0.1) is 0 Å². The molecular formula is C52H67N13O13. The standard InChI is InChI=1S/C52H67N13O13/c1-29(66)59-35(17-10-24-57-52(55)56)45(71)63-39(25-30-11-4-2-5-12-30)48(74)60-37(19-22-43(54)68)47(73)65-41(27-32-28-58-34-16-9-8-15-33(32)34)50(76)61-36(18-21-42(53)67)46(72)64-40(26-31-13-6-3-7-14-31)49(75)62-38(51(77)78)20-23-44(69)70/h2-9,11-16,28,35-41,58H,10,17-27H2,1H3,(H2,53,67)(H2,54,68)(H,59,66)(H,60,74)(H,61,76)(H,62,75)(H,63,71)(H,64,72)(H,65,73)(H,69,70)(H,77,78)(H4,55,56,57)/t35-,36-,37-,38-,39-,40-,41-/m0/s1. The lowest BCUT2D eigenvalue weighted by atomic mass is 10.0. The van der Waals surface area contributed by atoms with Gasteiger partial charge in [-0.3, -0.25) is 52.9 Å². The molecule has 0 radical (unpaired) electrons. The summed E-state index contributed by atoms with van der Waals surface area (Å²) in [5.41, 5.74) is 24.1. The minimum absolute atomic E-state index is 0.0590. The number of carbonyl (C=O) groups is 11. The van der Waals surface area contributed by atoms with E-state index in [0.717, 1.165) is 0 Å². The lowest BCUT2D eigenvalue weighted by Gasteiger charge is -2.28. The molecule has 0 aliphatic carbocycles. The lowest BCUT2D eigenvalue weighted by molar-refractivity contribution is -0.143. The smallest absolute Gasteiger partial charge is 0.326 e. The van der Waals surface area contributed by atoms with E-state index in [4.69, 9.17) is 22.9 Å². The number of carbonyl (C=O) groups excluding carboxylic acids is 9. The Hall–Kier alpha value is -9.36. The Labute approximate surface area is 448 Å². The summed E-state index contributed by atoms with van der Waals surface area (Å²) in [4.78, 5) is 152. The van der Waals surface area contributed by atoms with Gasteiger partial charge in [-0.25, -0.2) is 4.79 Å². The van der Waals surface area contributed by atoms with Crippen LogP contribution in [-0.2, 0) is 72.0 Å². The zero-order valence-corrected chi connectivity index (χ0v) is 42.8. The van der Waals surface area contributed by atoms with Gasteiger partial charge in [0.15, 0.2) is 5.96 Å². The molecule has 9 amide bonds. The Balaban J connectivity index is 1.69. The Bertz CT molecular complexity index is 2790. The van der Waals surface area contributed by atoms with Crippen molar-refractivity contribution in [2.75, 3.05) is 6.54 Å². The largest absolute Gasteiger partial charge is 0.481 e. The second-order valence-corrected chi connectivity index (χ2v) is 18.3. The maximum Gasteiger partial charge on any atom is 0.326 e. The first-order valence-electron chi connectivity index (χ1n) is 24.9. The minimum atomic E-state index is -1.67. The number of hydrogen-bond acceptors (Lipinski definition) is 12. The Morgan fingerprint density at radius 2 is 0.885 bits per heavy atom. The van der Waals surface area contributed by atoms with Crippen LogP contribution in [-0.4, -0.2) is 135 Å². The number of guanidine groups is 1. The predicted octanol–water partition coefficient (Wildman–Crippen LogP) is -1.86. The summed E-state index contributed by atoms with van der Waals surface area (Å²) < 4.78 is 0. The van der Waals surface area contributed by atoms with Gasteiger partial charge in [0, 0.05) is 69.1 Å². The second kappa shape index (κ2) is 30.9. The summed E-state index contributed by atoms with van der Waals surface area (Å²) in [5.74, 6) is -11.1. The quantitative estimate of drug-likeness (QED) is 0.0141. The molecule has 18 N–H and O–H groups in total. The van der Waals surface area contributed by atoms with Gasteiger partial charge in [0.05, 0.1) is 0 Å². The Kier molecular flexibility index (Phi) is 24.2. The van der Waals surface area contributed by atoms with Gasteiger partial charge in [-0.15, -0.1) is 0 Å². The average Bonchev–Trinajstić information content (AvgIpc) is 3.81. The van der Waals surface area contributed by atoms with Crippen LogP contribution in [0.2, 0.25) is 0 Å². The van der Waals surface area contributed by atoms with E-state index in [0.29, 0.717) is 27.6 Å². The van der Waals surface area contributed by atoms with Crippen molar-refractivity contribution in [2.24, 2.45) is 27.9 Å². The van der Waals surface area contributed by atoms with Crippen molar-refractivity contribution < 1.29 is 63.0 Å². The molecular weight excluding hydrogens is 1010 g/mol. The van der Waals surface area contributed by atoms with Gasteiger partial charge >= 0.3 is 11.9 Å². The molecule has 26 heteroatoms. The van der Waals surface area contributed by atoms with Crippen LogP contribution in [0.15, 0.2) is 96.1 Å². The zero-order chi connectivity index (χ0) is 57.3. The molecule has 4 rings (SSSR count). The van der Waals surface area contributed by atoms with Crippen molar-refractivity contribution in [3.63, 3.8) is 0 Å². The van der Waals surface area contributed by atoms with Gasteiger partial charge in [-0.05, 0) is 54.9 Å². The maximum absolute atomic E-state index is 14.7. The van der Waals surface area contributed by atoms with Crippen LogP contribution in [0.25, 0.3) is 10.9 Å². The summed E-state index contributed by atoms with van der Waals surface area (Å²) in [7, 11) is 0. The second-order valence-electron chi connectivity index (χ2n) is 18.3. The van der Waals surface area contributed by atoms with Gasteiger partial charge < -0.3 is 75.3 Å². The fraction of sp³-hybridized carbons (Fsp3) is 0.385. The molecule has 1 aromatic heterocycles. The van der Waals surface area contributed by atoms with E-state index < -0.39 is 146 Å². The number of aromatic amines is 1. The summed E-state index contributed by atoms with van der Waals surface area (Å²) in [6.07, 6.45) is -1.60. The number of amides is 9. The van der Waals surface area contributed by atoms with E-state index in [-0.39, 0.29) is 44.6 Å².